The molecule has 20 heavy (non-hydrogen) atoms. The van der Waals surface area contributed by atoms with E-state index in [9.17, 15) is 13.2 Å². The Kier molecular flexibility index (Phi) is 5.46. The van der Waals surface area contributed by atoms with Gasteiger partial charge in [0.15, 0.2) is 0 Å². The number of nitrogens with two attached hydrogens (primary N) is 1. The number of aromatic nitrogens is 1. The summed E-state index contributed by atoms with van der Waals surface area (Å²) in [5, 5.41) is 2.66. The minimum absolute atomic E-state index is 0.102. The molecule has 8 heteroatoms. The Bertz CT molecular complexity index is 572. The number of sulfonamides is 1. The SMILES string of the molecule is CC(C)CNC(=O)C(C)NS(=O)(=O)c1cccnc1N. The molecule has 4 N–H and O–H groups in total. The fraction of sp³-hybridized carbons (Fsp3) is 0.500. The first-order valence-electron chi connectivity index (χ1n) is 6.24. The fourth-order valence-electron chi connectivity index (χ4n) is 1.44. The first-order chi connectivity index (χ1) is 9.24. The maximum Gasteiger partial charge on any atom is 0.244 e. The largest absolute Gasteiger partial charge is 0.383 e. The molecule has 0 aliphatic heterocycles. The van der Waals surface area contributed by atoms with Crippen LogP contribution in [0.25, 0.3) is 0 Å². The van der Waals surface area contributed by atoms with Gasteiger partial charge in [-0.05, 0) is 25.0 Å². The van der Waals surface area contributed by atoms with Gasteiger partial charge in [-0.15, -0.1) is 0 Å². The zero-order valence-corrected chi connectivity index (χ0v) is 12.6. The molecule has 1 aromatic rings. The molecule has 0 bridgehead atoms. The molecular weight excluding hydrogens is 280 g/mol. The van der Waals surface area contributed by atoms with Gasteiger partial charge >= 0.3 is 0 Å². The summed E-state index contributed by atoms with van der Waals surface area (Å²) in [6, 6.07) is 1.91. The van der Waals surface area contributed by atoms with Crippen molar-refractivity contribution >= 4 is 21.7 Å². The van der Waals surface area contributed by atoms with E-state index in [1.807, 2.05) is 13.8 Å². The average Bonchev–Trinajstić information content (AvgIpc) is 2.35. The Morgan fingerprint density at radius 2 is 2.05 bits per heavy atom. The van der Waals surface area contributed by atoms with E-state index in [-0.39, 0.29) is 22.5 Å². The van der Waals surface area contributed by atoms with Crippen LogP contribution in [-0.4, -0.2) is 31.9 Å². The molecule has 0 aliphatic rings. The number of nitrogens with zero attached hydrogens (tertiary/aromatic N) is 1. The summed E-state index contributed by atoms with van der Waals surface area (Å²) in [5.41, 5.74) is 5.53. The molecule has 0 saturated carbocycles. The second-order valence-corrected chi connectivity index (χ2v) is 6.55. The number of amides is 1. The number of nitrogens with one attached hydrogen (secondary N) is 2. The van der Waals surface area contributed by atoms with Crippen LogP contribution < -0.4 is 15.8 Å². The second kappa shape index (κ2) is 6.67. The third kappa shape index (κ3) is 4.46. The Balaban J connectivity index is 2.77. The highest BCUT2D eigenvalue weighted by Crippen LogP contribution is 2.14. The molecule has 0 aromatic carbocycles. The number of pyridine rings is 1. The molecule has 0 fully saturated rings. The monoisotopic (exact) mass is 300 g/mol. The Hall–Kier alpha value is -1.67. The van der Waals surface area contributed by atoms with Gasteiger partial charge in [-0.2, -0.15) is 4.72 Å². The Morgan fingerprint density at radius 1 is 1.40 bits per heavy atom. The lowest BCUT2D eigenvalue weighted by Gasteiger charge is -2.15. The first-order valence-corrected chi connectivity index (χ1v) is 7.73. The van der Waals surface area contributed by atoms with Crippen LogP contribution in [0.3, 0.4) is 0 Å². The molecule has 1 aromatic heterocycles. The van der Waals surface area contributed by atoms with Gasteiger partial charge in [-0.3, -0.25) is 4.79 Å². The number of carbonyl (C=O) groups is 1. The van der Waals surface area contributed by atoms with E-state index < -0.39 is 16.1 Å². The van der Waals surface area contributed by atoms with Gasteiger partial charge in [0.05, 0.1) is 6.04 Å². The van der Waals surface area contributed by atoms with Gasteiger partial charge in [0.1, 0.15) is 10.7 Å². The number of rotatable bonds is 6. The van der Waals surface area contributed by atoms with Crippen LogP contribution >= 0.6 is 0 Å². The molecule has 112 valence electrons. The van der Waals surface area contributed by atoms with Crippen molar-refractivity contribution in [1.82, 2.24) is 15.0 Å². The molecule has 1 amide bonds. The topological polar surface area (TPSA) is 114 Å². The number of hydrogen-bond acceptors (Lipinski definition) is 5. The molecule has 0 spiro atoms. The smallest absolute Gasteiger partial charge is 0.244 e. The molecule has 0 aliphatic carbocycles. The van der Waals surface area contributed by atoms with Crippen molar-refractivity contribution in [2.45, 2.75) is 31.7 Å². The van der Waals surface area contributed by atoms with Crippen LogP contribution in [0.15, 0.2) is 23.2 Å². The molecule has 7 nitrogen and oxygen atoms in total. The number of carbonyl (C=O) groups excluding carboxylic acids is 1. The number of anilines is 1. The van der Waals surface area contributed by atoms with Gasteiger partial charge in [0.2, 0.25) is 15.9 Å². The maximum atomic E-state index is 12.1. The van der Waals surface area contributed by atoms with Gasteiger partial charge in [-0.25, -0.2) is 13.4 Å². The van der Waals surface area contributed by atoms with Crippen molar-refractivity contribution in [3.05, 3.63) is 18.3 Å². The predicted octanol–water partition coefficient (Wildman–Crippen LogP) is 0.103. The summed E-state index contributed by atoms with van der Waals surface area (Å²) in [5.74, 6) is -0.198. The molecule has 1 atom stereocenters. The molecule has 1 unspecified atom stereocenters. The van der Waals surface area contributed by atoms with Gasteiger partial charge in [0, 0.05) is 12.7 Å². The summed E-state index contributed by atoms with van der Waals surface area (Å²) in [6.45, 7) is 5.86. The van der Waals surface area contributed by atoms with Crippen LogP contribution in [0.5, 0.6) is 0 Å². The van der Waals surface area contributed by atoms with Gasteiger partial charge in [0.25, 0.3) is 0 Å². The first kappa shape index (κ1) is 16.4. The van der Waals surface area contributed by atoms with Crippen LogP contribution in [0, 0.1) is 5.92 Å². The Labute approximate surface area is 119 Å². The van der Waals surface area contributed by atoms with Crippen molar-refractivity contribution in [2.75, 3.05) is 12.3 Å². The quantitative estimate of drug-likeness (QED) is 0.689. The van der Waals surface area contributed by atoms with E-state index in [1.165, 1.54) is 25.3 Å². The van der Waals surface area contributed by atoms with Gasteiger partial charge in [-0.1, -0.05) is 13.8 Å². The summed E-state index contributed by atoms with van der Waals surface area (Å²) < 4.78 is 26.5. The standard InChI is InChI=1S/C12H20N4O3S/c1-8(2)7-15-12(17)9(3)16-20(18,19)10-5-4-6-14-11(10)13/h4-6,8-9,16H,7H2,1-3H3,(H2,13,14)(H,15,17). The fourth-order valence-corrected chi connectivity index (χ4v) is 2.72. The normalized spacial score (nSPS) is 13.2. The highest BCUT2D eigenvalue weighted by Gasteiger charge is 2.24. The zero-order valence-electron chi connectivity index (χ0n) is 11.8. The summed E-state index contributed by atoms with van der Waals surface area (Å²) in [6.07, 6.45) is 1.40. The average molecular weight is 300 g/mol. The molecule has 1 heterocycles. The number of hydrogen-bond donors (Lipinski definition) is 3. The lowest BCUT2D eigenvalue weighted by Crippen LogP contribution is -2.45. The van der Waals surface area contributed by atoms with Gasteiger partial charge < -0.3 is 11.1 Å². The van der Waals surface area contributed by atoms with Crippen molar-refractivity contribution in [3.8, 4) is 0 Å². The lowest BCUT2D eigenvalue weighted by molar-refractivity contribution is -0.122. The molecular formula is C12H20N4O3S. The predicted molar refractivity (Wildman–Crippen MR) is 76.3 cm³/mol. The third-order valence-electron chi connectivity index (χ3n) is 2.50. The van der Waals surface area contributed by atoms with Crippen molar-refractivity contribution < 1.29 is 13.2 Å². The minimum atomic E-state index is -3.87. The highest BCUT2D eigenvalue weighted by molar-refractivity contribution is 7.89. The van der Waals surface area contributed by atoms with Crippen LogP contribution in [0.2, 0.25) is 0 Å². The van der Waals surface area contributed by atoms with E-state index in [2.05, 4.69) is 15.0 Å². The van der Waals surface area contributed by atoms with Crippen molar-refractivity contribution in [1.29, 1.82) is 0 Å². The van der Waals surface area contributed by atoms with E-state index in [1.54, 1.807) is 0 Å². The van der Waals surface area contributed by atoms with Crippen LogP contribution in [0.1, 0.15) is 20.8 Å². The highest BCUT2D eigenvalue weighted by atomic mass is 32.2. The molecule has 1 rings (SSSR count). The van der Waals surface area contributed by atoms with Crippen molar-refractivity contribution in [3.63, 3.8) is 0 Å². The summed E-state index contributed by atoms with van der Waals surface area (Å²) >= 11 is 0. The molecule has 0 radical (unpaired) electrons. The Morgan fingerprint density at radius 3 is 2.60 bits per heavy atom. The maximum absolute atomic E-state index is 12.1. The minimum Gasteiger partial charge on any atom is -0.383 e. The third-order valence-corrected chi connectivity index (χ3v) is 4.09. The van der Waals surface area contributed by atoms with E-state index >= 15 is 0 Å². The second-order valence-electron chi connectivity index (χ2n) is 4.87. The molecule has 0 saturated heterocycles. The zero-order chi connectivity index (χ0) is 15.3. The van der Waals surface area contributed by atoms with Crippen molar-refractivity contribution in [2.24, 2.45) is 5.92 Å². The van der Waals surface area contributed by atoms with Crippen LogP contribution in [-0.2, 0) is 14.8 Å². The summed E-state index contributed by atoms with van der Waals surface area (Å²) in [4.78, 5) is 15.3. The lowest BCUT2D eigenvalue weighted by atomic mass is 10.2. The van der Waals surface area contributed by atoms with E-state index in [0.717, 1.165) is 0 Å². The van der Waals surface area contributed by atoms with Crippen LogP contribution in [0.4, 0.5) is 5.82 Å². The summed E-state index contributed by atoms with van der Waals surface area (Å²) in [7, 11) is -3.87. The number of nitrogen functional groups attached to an aromatic ring is 1. The van der Waals surface area contributed by atoms with E-state index in [4.69, 9.17) is 5.73 Å². The van der Waals surface area contributed by atoms with E-state index in [0.29, 0.717) is 6.54 Å².